The maximum Gasteiger partial charge on any atom is 0.166 e. The zero-order valence-electron chi connectivity index (χ0n) is 7.09. The van der Waals surface area contributed by atoms with E-state index in [0.29, 0.717) is 5.69 Å². The predicted octanol–water partition coefficient (Wildman–Crippen LogP) is 1.49. The summed E-state index contributed by atoms with van der Waals surface area (Å²) in [5, 5.41) is 2.93. The van der Waals surface area contributed by atoms with Gasteiger partial charge in [-0.15, -0.1) is 11.6 Å². The number of carbonyl (C=O) groups is 1. The predicted molar refractivity (Wildman–Crippen MR) is 55.1 cm³/mol. The minimum Gasteiger partial charge on any atom is -0.399 e. The number of ketones is 1. The van der Waals surface area contributed by atoms with E-state index in [1.54, 1.807) is 12.1 Å². The summed E-state index contributed by atoms with van der Waals surface area (Å²) in [6.45, 7) is 0.257. The Kier molecular flexibility index (Phi) is 3.58. The molecule has 0 fully saturated rings. The highest BCUT2D eigenvalue weighted by Gasteiger charge is 1.98. The van der Waals surface area contributed by atoms with Gasteiger partial charge < -0.3 is 11.1 Å². The Labute approximate surface area is 81.9 Å². The first-order valence-corrected chi connectivity index (χ1v) is 4.43. The molecule has 0 aliphatic heterocycles. The van der Waals surface area contributed by atoms with Gasteiger partial charge in [0.2, 0.25) is 0 Å². The van der Waals surface area contributed by atoms with Crippen LogP contribution in [0, 0.1) is 0 Å². The number of hydrogen-bond acceptors (Lipinski definition) is 3. The molecule has 0 radical (unpaired) electrons. The van der Waals surface area contributed by atoms with E-state index in [9.17, 15) is 4.79 Å². The number of benzene rings is 1. The molecule has 0 heterocycles. The lowest BCUT2D eigenvalue weighted by molar-refractivity contribution is -0.115. The number of alkyl halides is 1. The number of carbonyl (C=O) groups excluding carboxylic acids is 1. The third-order valence-corrected chi connectivity index (χ3v) is 1.85. The minimum absolute atomic E-state index is 0.0292. The van der Waals surface area contributed by atoms with Crippen LogP contribution in [-0.2, 0) is 4.79 Å². The molecule has 3 N–H and O–H groups in total. The summed E-state index contributed by atoms with van der Waals surface area (Å²) in [5.74, 6) is 0.0144. The number of rotatable bonds is 4. The van der Waals surface area contributed by atoms with Crippen molar-refractivity contribution in [1.82, 2.24) is 0 Å². The fourth-order valence-corrected chi connectivity index (χ4v) is 0.943. The quantitative estimate of drug-likeness (QED) is 0.569. The molecule has 1 aromatic carbocycles. The number of halogens is 1. The number of hydrogen-bond donors (Lipinski definition) is 2. The highest BCUT2D eigenvalue weighted by molar-refractivity contribution is 6.28. The average molecular weight is 199 g/mol. The number of anilines is 2. The smallest absolute Gasteiger partial charge is 0.166 e. The fourth-order valence-electron chi connectivity index (χ4n) is 0.849. The van der Waals surface area contributed by atoms with Crippen LogP contribution in [0.15, 0.2) is 24.3 Å². The minimum atomic E-state index is -0.0292. The normalized spacial score (nSPS) is 9.62. The molecule has 70 valence electrons. The molecule has 0 spiro atoms. The molecule has 0 aliphatic carbocycles. The van der Waals surface area contributed by atoms with Gasteiger partial charge in [0.1, 0.15) is 0 Å². The largest absolute Gasteiger partial charge is 0.399 e. The van der Waals surface area contributed by atoms with Crippen LogP contribution >= 0.6 is 11.6 Å². The summed E-state index contributed by atoms with van der Waals surface area (Å²) in [4.78, 5) is 10.8. The van der Waals surface area contributed by atoms with Gasteiger partial charge in [0.05, 0.1) is 12.4 Å². The molecule has 0 aliphatic rings. The lowest BCUT2D eigenvalue weighted by atomic mass is 10.3. The van der Waals surface area contributed by atoms with E-state index in [2.05, 4.69) is 5.32 Å². The maximum absolute atomic E-state index is 10.8. The molecule has 0 amide bonds. The van der Waals surface area contributed by atoms with Crippen molar-refractivity contribution in [3.63, 3.8) is 0 Å². The highest BCUT2D eigenvalue weighted by Crippen LogP contribution is 2.09. The van der Waals surface area contributed by atoms with Crippen LogP contribution in [0.4, 0.5) is 11.4 Å². The second kappa shape index (κ2) is 4.72. The molecule has 0 atom stereocenters. The van der Waals surface area contributed by atoms with Crippen molar-refractivity contribution >= 4 is 28.8 Å². The van der Waals surface area contributed by atoms with Gasteiger partial charge in [0.15, 0.2) is 5.78 Å². The summed E-state index contributed by atoms with van der Waals surface area (Å²) in [6, 6.07) is 7.18. The monoisotopic (exact) mass is 198 g/mol. The molecule has 0 saturated heterocycles. The summed E-state index contributed by atoms with van der Waals surface area (Å²) in [5.41, 5.74) is 7.06. The summed E-state index contributed by atoms with van der Waals surface area (Å²) < 4.78 is 0. The second-order valence-corrected chi connectivity index (χ2v) is 2.92. The first kappa shape index (κ1) is 9.86. The molecule has 13 heavy (non-hydrogen) atoms. The third kappa shape index (κ3) is 3.34. The van der Waals surface area contributed by atoms with Crippen LogP contribution in [0.3, 0.4) is 0 Å². The van der Waals surface area contributed by atoms with Crippen molar-refractivity contribution in [3.05, 3.63) is 24.3 Å². The van der Waals surface area contributed by atoms with Crippen molar-refractivity contribution < 1.29 is 4.79 Å². The van der Waals surface area contributed by atoms with Crippen LogP contribution in [0.2, 0.25) is 0 Å². The summed E-state index contributed by atoms with van der Waals surface area (Å²) >= 11 is 5.33. The molecule has 1 aromatic rings. The topological polar surface area (TPSA) is 55.1 Å². The van der Waals surface area contributed by atoms with E-state index in [4.69, 9.17) is 17.3 Å². The van der Waals surface area contributed by atoms with Gasteiger partial charge in [0, 0.05) is 11.4 Å². The Morgan fingerprint density at radius 1 is 1.38 bits per heavy atom. The number of Topliss-reactive ketones (excluding diaryl/α,β-unsaturated/α-hetero) is 1. The van der Waals surface area contributed by atoms with Gasteiger partial charge in [0.25, 0.3) is 0 Å². The van der Waals surface area contributed by atoms with Crippen LogP contribution in [0.5, 0.6) is 0 Å². The first-order chi connectivity index (χ1) is 6.22. The fraction of sp³-hybridized carbons (Fsp3) is 0.222. The maximum atomic E-state index is 10.8. The van der Waals surface area contributed by atoms with Gasteiger partial charge in [-0.1, -0.05) is 0 Å². The lowest BCUT2D eigenvalue weighted by Gasteiger charge is -2.03. The van der Waals surface area contributed by atoms with Crippen LogP contribution in [-0.4, -0.2) is 18.2 Å². The molecular formula is C9H11ClN2O. The summed E-state index contributed by atoms with van der Waals surface area (Å²) in [7, 11) is 0. The Balaban J connectivity index is 2.46. The Bertz CT molecular complexity index is 284. The van der Waals surface area contributed by atoms with Gasteiger partial charge in [-0.05, 0) is 24.3 Å². The van der Waals surface area contributed by atoms with Crippen LogP contribution < -0.4 is 11.1 Å². The first-order valence-electron chi connectivity index (χ1n) is 3.89. The van der Waals surface area contributed by atoms with Gasteiger partial charge >= 0.3 is 0 Å². The number of nitrogen functional groups attached to an aromatic ring is 1. The summed E-state index contributed by atoms with van der Waals surface area (Å²) in [6.07, 6.45) is 0. The third-order valence-electron chi connectivity index (χ3n) is 1.55. The molecule has 3 nitrogen and oxygen atoms in total. The number of nitrogens with two attached hydrogens (primary N) is 1. The van der Waals surface area contributed by atoms with Crippen molar-refractivity contribution in [3.8, 4) is 0 Å². The van der Waals surface area contributed by atoms with E-state index in [-0.39, 0.29) is 18.2 Å². The van der Waals surface area contributed by atoms with E-state index in [1.165, 1.54) is 0 Å². The van der Waals surface area contributed by atoms with E-state index < -0.39 is 0 Å². The number of nitrogens with one attached hydrogen (secondary N) is 1. The molecule has 0 bridgehead atoms. The van der Waals surface area contributed by atoms with Crippen molar-refractivity contribution in [2.45, 2.75) is 0 Å². The molecule has 0 aromatic heterocycles. The van der Waals surface area contributed by atoms with E-state index in [0.717, 1.165) is 5.69 Å². The SMILES string of the molecule is Nc1ccc(NCC(=O)CCl)cc1. The van der Waals surface area contributed by atoms with Gasteiger partial charge in [-0.25, -0.2) is 0 Å². The molecule has 4 heteroatoms. The van der Waals surface area contributed by atoms with Gasteiger partial charge in [-0.3, -0.25) is 4.79 Å². The molecule has 0 unspecified atom stereocenters. The second-order valence-electron chi connectivity index (χ2n) is 2.65. The molecule has 1 rings (SSSR count). The van der Waals surface area contributed by atoms with Crippen molar-refractivity contribution in [2.24, 2.45) is 0 Å². The Hall–Kier alpha value is -1.22. The zero-order chi connectivity index (χ0) is 9.68. The molecule has 0 saturated carbocycles. The van der Waals surface area contributed by atoms with Crippen LogP contribution in [0.25, 0.3) is 0 Å². The van der Waals surface area contributed by atoms with E-state index >= 15 is 0 Å². The Morgan fingerprint density at radius 2 is 2.00 bits per heavy atom. The highest BCUT2D eigenvalue weighted by atomic mass is 35.5. The van der Waals surface area contributed by atoms with Crippen molar-refractivity contribution in [2.75, 3.05) is 23.5 Å². The molecular weight excluding hydrogens is 188 g/mol. The zero-order valence-corrected chi connectivity index (χ0v) is 7.84. The van der Waals surface area contributed by atoms with E-state index in [1.807, 2.05) is 12.1 Å². The standard InChI is InChI=1S/C9H11ClN2O/c10-5-9(13)6-12-8-3-1-7(11)2-4-8/h1-4,12H,5-6,11H2. The average Bonchev–Trinajstić information content (AvgIpc) is 2.16. The van der Waals surface area contributed by atoms with Crippen molar-refractivity contribution in [1.29, 1.82) is 0 Å². The Morgan fingerprint density at radius 3 is 2.54 bits per heavy atom. The lowest BCUT2D eigenvalue weighted by Crippen LogP contribution is -2.14. The van der Waals surface area contributed by atoms with Gasteiger partial charge in [-0.2, -0.15) is 0 Å². The van der Waals surface area contributed by atoms with Crippen LogP contribution in [0.1, 0.15) is 0 Å².